The number of amides is 1. The standard InChI is InChI=1S/C23H37N3O3/c1-17-16-19(26-10-14-29-15-11-26)25-21(18-6-12-28-13-7-18)20(17)22(27)24-9-5-8-23(2,3)4/h16,18H,5-15H2,1-4H3,(H,24,27). The average Bonchev–Trinajstić information content (AvgIpc) is 2.71. The third-order valence-electron chi connectivity index (χ3n) is 5.79. The van der Waals surface area contributed by atoms with E-state index in [-0.39, 0.29) is 17.2 Å². The summed E-state index contributed by atoms with van der Waals surface area (Å²) in [5.74, 6) is 1.26. The zero-order chi connectivity index (χ0) is 20.9. The predicted octanol–water partition coefficient (Wildman–Crippen LogP) is 3.68. The van der Waals surface area contributed by atoms with Crippen LogP contribution in [-0.2, 0) is 9.47 Å². The van der Waals surface area contributed by atoms with Gasteiger partial charge in [-0.25, -0.2) is 4.98 Å². The van der Waals surface area contributed by atoms with Gasteiger partial charge in [0.25, 0.3) is 5.91 Å². The van der Waals surface area contributed by atoms with E-state index in [0.29, 0.717) is 6.54 Å². The summed E-state index contributed by atoms with van der Waals surface area (Å²) >= 11 is 0. The molecule has 162 valence electrons. The van der Waals surface area contributed by atoms with Gasteiger partial charge < -0.3 is 19.7 Å². The molecule has 1 amide bonds. The van der Waals surface area contributed by atoms with Crippen LogP contribution in [0.2, 0.25) is 0 Å². The first-order chi connectivity index (χ1) is 13.8. The number of nitrogens with zero attached hydrogens (tertiary/aromatic N) is 2. The topological polar surface area (TPSA) is 63.7 Å². The molecule has 2 aliphatic rings. The second-order valence-electron chi connectivity index (χ2n) is 9.46. The molecule has 1 N–H and O–H groups in total. The van der Waals surface area contributed by atoms with Gasteiger partial charge in [-0.05, 0) is 49.7 Å². The van der Waals surface area contributed by atoms with Gasteiger partial charge in [-0.15, -0.1) is 0 Å². The summed E-state index contributed by atoms with van der Waals surface area (Å²) in [6.45, 7) is 14.1. The van der Waals surface area contributed by atoms with Crippen molar-refractivity contribution in [1.82, 2.24) is 10.3 Å². The van der Waals surface area contributed by atoms with Crippen molar-refractivity contribution in [1.29, 1.82) is 0 Å². The zero-order valence-corrected chi connectivity index (χ0v) is 18.6. The molecule has 1 aromatic rings. The van der Waals surface area contributed by atoms with E-state index in [4.69, 9.17) is 14.5 Å². The second-order valence-corrected chi connectivity index (χ2v) is 9.46. The van der Waals surface area contributed by atoms with Gasteiger partial charge in [-0.1, -0.05) is 20.8 Å². The molecule has 3 heterocycles. The molecule has 1 aromatic heterocycles. The average molecular weight is 404 g/mol. The summed E-state index contributed by atoms with van der Waals surface area (Å²) in [6.07, 6.45) is 3.92. The smallest absolute Gasteiger partial charge is 0.253 e. The number of hydrogen-bond donors (Lipinski definition) is 1. The Morgan fingerprint density at radius 3 is 2.48 bits per heavy atom. The molecule has 29 heavy (non-hydrogen) atoms. The highest BCUT2D eigenvalue weighted by atomic mass is 16.5. The van der Waals surface area contributed by atoms with Gasteiger partial charge in [-0.3, -0.25) is 4.79 Å². The fourth-order valence-corrected chi connectivity index (χ4v) is 4.10. The third kappa shape index (κ3) is 6.16. The fourth-order valence-electron chi connectivity index (χ4n) is 4.10. The molecule has 0 aliphatic carbocycles. The number of ether oxygens (including phenoxy) is 2. The summed E-state index contributed by atoms with van der Waals surface area (Å²) in [6, 6.07) is 2.07. The van der Waals surface area contributed by atoms with E-state index in [1.54, 1.807) is 0 Å². The molecular formula is C23H37N3O3. The third-order valence-corrected chi connectivity index (χ3v) is 5.79. The minimum Gasteiger partial charge on any atom is -0.381 e. The summed E-state index contributed by atoms with van der Waals surface area (Å²) in [5, 5.41) is 3.15. The first kappa shape index (κ1) is 22.0. The zero-order valence-electron chi connectivity index (χ0n) is 18.6. The highest BCUT2D eigenvalue weighted by molar-refractivity contribution is 5.97. The minimum absolute atomic E-state index is 0.0129. The van der Waals surface area contributed by atoms with Crippen molar-refractivity contribution in [3.63, 3.8) is 0 Å². The number of aromatic nitrogens is 1. The SMILES string of the molecule is Cc1cc(N2CCOCC2)nc(C2CCOCC2)c1C(=O)NCCCC(C)(C)C. The fraction of sp³-hybridized carbons (Fsp3) is 0.739. The van der Waals surface area contributed by atoms with Gasteiger partial charge in [0, 0.05) is 38.8 Å². The lowest BCUT2D eigenvalue weighted by Gasteiger charge is -2.31. The van der Waals surface area contributed by atoms with Crippen LogP contribution >= 0.6 is 0 Å². The largest absolute Gasteiger partial charge is 0.381 e. The van der Waals surface area contributed by atoms with E-state index in [0.717, 1.165) is 87.8 Å². The Labute approximate surface area is 175 Å². The summed E-state index contributed by atoms with van der Waals surface area (Å²) in [7, 11) is 0. The van der Waals surface area contributed by atoms with E-state index < -0.39 is 0 Å². The van der Waals surface area contributed by atoms with E-state index in [1.165, 1.54) is 0 Å². The highest BCUT2D eigenvalue weighted by Gasteiger charge is 2.27. The molecule has 0 aromatic carbocycles. The number of carbonyl (C=O) groups is 1. The van der Waals surface area contributed by atoms with Crippen LogP contribution in [0.25, 0.3) is 0 Å². The van der Waals surface area contributed by atoms with Crippen LogP contribution in [0.3, 0.4) is 0 Å². The van der Waals surface area contributed by atoms with Crippen LogP contribution in [0.5, 0.6) is 0 Å². The van der Waals surface area contributed by atoms with Crippen molar-refractivity contribution in [2.24, 2.45) is 5.41 Å². The van der Waals surface area contributed by atoms with Gasteiger partial charge >= 0.3 is 0 Å². The first-order valence-electron chi connectivity index (χ1n) is 11.1. The van der Waals surface area contributed by atoms with E-state index in [9.17, 15) is 4.79 Å². The molecule has 0 unspecified atom stereocenters. The minimum atomic E-state index is 0.0129. The van der Waals surface area contributed by atoms with Crippen molar-refractivity contribution in [2.45, 2.75) is 59.3 Å². The van der Waals surface area contributed by atoms with Crippen molar-refractivity contribution < 1.29 is 14.3 Å². The number of carbonyl (C=O) groups excluding carboxylic acids is 1. The van der Waals surface area contributed by atoms with Crippen molar-refractivity contribution in [3.8, 4) is 0 Å². The van der Waals surface area contributed by atoms with E-state index in [1.807, 2.05) is 6.92 Å². The molecule has 0 radical (unpaired) electrons. The van der Waals surface area contributed by atoms with Crippen LogP contribution in [0.4, 0.5) is 5.82 Å². The van der Waals surface area contributed by atoms with Crippen molar-refractivity contribution in [3.05, 3.63) is 22.9 Å². The molecule has 0 atom stereocenters. The van der Waals surface area contributed by atoms with Crippen LogP contribution in [0, 0.1) is 12.3 Å². The molecule has 2 fully saturated rings. The van der Waals surface area contributed by atoms with Crippen LogP contribution < -0.4 is 10.2 Å². The first-order valence-corrected chi connectivity index (χ1v) is 11.1. The Morgan fingerprint density at radius 2 is 1.83 bits per heavy atom. The Morgan fingerprint density at radius 1 is 1.17 bits per heavy atom. The summed E-state index contributed by atoms with van der Waals surface area (Å²) in [5.41, 5.74) is 3.01. The van der Waals surface area contributed by atoms with Gasteiger partial charge in [0.05, 0.1) is 24.5 Å². The monoisotopic (exact) mass is 403 g/mol. The summed E-state index contributed by atoms with van der Waals surface area (Å²) in [4.78, 5) is 20.4. The molecule has 6 nitrogen and oxygen atoms in total. The number of aryl methyl sites for hydroxylation is 1. The molecule has 0 bridgehead atoms. The van der Waals surface area contributed by atoms with Gasteiger partial charge in [-0.2, -0.15) is 0 Å². The van der Waals surface area contributed by atoms with Gasteiger partial charge in [0.15, 0.2) is 0 Å². The maximum Gasteiger partial charge on any atom is 0.253 e. The van der Waals surface area contributed by atoms with Crippen molar-refractivity contribution >= 4 is 11.7 Å². The second kappa shape index (κ2) is 9.90. The molecule has 0 saturated carbocycles. The quantitative estimate of drug-likeness (QED) is 0.734. The van der Waals surface area contributed by atoms with Crippen LogP contribution in [0.1, 0.15) is 74.0 Å². The van der Waals surface area contributed by atoms with E-state index in [2.05, 4.69) is 37.1 Å². The van der Waals surface area contributed by atoms with Crippen molar-refractivity contribution in [2.75, 3.05) is 51.0 Å². The molecule has 2 aliphatic heterocycles. The Hall–Kier alpha value is -1.66. The molecule has 0 spiro atoms. The predicted molar refractivity (Wildman–Crippen MR) is 116 cm³/mol. The van der Waals surface area contributed by atoms with Crippen LogP contribution in [-0.4, -0.2) is 57.0 Å². The number of rotatable bonds is 6. The normalized spacial score (nSPS) is 18.7. The Kier molecular flexibility index (Phi) is 7.52. The number of morpholine rings is 1. The number of anilines is 1. The number of pyridine rings is 1. The maximum atomic E-state index is 13.1. The van der Waals surface area contributed by atoms with E-state index >= 15 is 0 Å². The Balaban J connectivity index is 1.81. The molecular weight excluding hydrogens is 366 g/mol. The Bertz CT molecular complexity index is 687. The maximum absolute atomic E-state index is 13.1. The summed E-state index contributed by atoms with van der Waals surface area (Å²) < 4.78 is 11.0. The van der Waals surface area contributed by atoms with Crippen LogP contribution in [0.15, 0.2) is 6.07 Å². The highest BCUT2D eigenvalue weighted by Crippen LogP contribution is 2.32. The van der Waals surface area contributed by atoms with Gasteiger partial charge in [0.1, 0.15) is 5.82 Å². The molecule has 2 saturated heterocycles. The molecule has 6 heteroatoms. The number of nitrogens with one attached hydrogen (secondary N) is 1. The number of hydrogen-bond acceptors (Lipinski definition) is 5. The lowest BCUT2D eigenvalue weighted by Crippen LogP contribution is -2.37. The lowest BCUT2D eigenvalue weighted by molar-refractivity contribution is 0.0831. The lowest BCUT2D eigenvalue weighted by atomic mass is 9.90. The van der Waals surface area contributed by atoms with Gasteiger partial charge in [0.2, 0.25) is 0 Å². The molecule has 3 rings (SSSR count).